The summed E-state index contributed by atoms with van der Waals surface area (Å²) in [6, 6.07) is 10.9. The van der Waals surface area contributed by atoms with Crippen LogP contribution in [0.2, 0.25) is 0 Å². The van der Waals surface area contributed by atoms with E-state index in [4.69, 9.17) is 4.74 Å². The fourth-order valence-corrected chi connectivity index (χ4v) is 4.30. The Labute approximate surface area is 142 Å². The average Bonchev–Trinajstić information content (AvgIpc) is 2.91. The van der Waals surface area contributed by atoms with Crippen LogP contribution < -0.4 is 0 Å². The molecule has 0 aliphatic carbocycles. The molecular formula is C19H25NO2S. The summed E-state index contributed by atoms with van der Waals surface area (Å²) in [6.07, 6.45) is 1.79. The molecule has 1 aromatic heterocycles. The Hall–Kier alpha value is -1.55. The molecule has 1 fully saturated rings. The first-order valence-corrected chi connectivity index (χ1v) is 9.05. The number of ether oxygens (including phenoxy) is 1. The number of rotatable bonds is 1. The van der Waals surface area contributed by atoms with E-state index in [1.165, 1.54) is 15.0 Å². The van der Waals surface area contributed by atoms with Crippen molar-refractivity contribution in [3.8, 4) is 0 Å². The van der Waals surface area contributed by atoms with Crippen LogP contribution in [0, 0.1) is 0 Å². The highest BCUT2D eigenvalue weighted by molar-refractivity contribution is 7.19. The average molecular weight is 331 g/mol. The Kier molecular flexibility index (Phi) is 4.13. The van der Waals surface area contributed by atoms with E-state index in [0.29, 0.717) is 0 Å². The first kappa shape index (κ1) is 16.3. The zero-order valence-electron chi connectivity index (χ0n) is 14.4. The van der Waals surface area contributed by atoms with Crippen LogP contribution in [-0.4, -0.2) is 29.7 Å². The van der Waals surface area contributed by atoms with E-state index in [9.17, 15) is 4.79 Å². The second-order valence-corrected chi connectivity index (χ2v) is 8.76. The number of piperidine rings is 1. The molecule has 0 bridgehead atoms. The van der Waals surface area contributed by atoms with Gasteiger partial charge >= 0.3 is 6.09 Å². The van der Waals surface area contributed by atoms with Gasteiger partial charge in [-0.1, -0.05) is 25.1 Å². The molecule has 0 N–H and O–H groups in total. The third kappa shape index (κ3) is 3.52. The van der Waals surface area contributed by atoms with Gasteiger partial charge in [0.15, 0.2) is 0 Å². The SMILES string of the molecule is CC(C)(C)OC(=O)N1CCC(C)(c2cc3ccccc3s2)CC1. The first-order chi connectivity index (χ1) is 10.8. The molecule has 2 aromatic rings. The van der Waals surface area contributed by atoms with Gasteiger partial charge in [0.25, 0.3) is 0 Å². The quantitative estimate of drug-likeness (QED) is 0.719. The molecule has 1 saturated heterocycles. The maximum absolute atomic E-state index is 12.2. The molecule has 23 heavy (non-hydrogen) atoms. The Morgan fingerprint density at radius 2 is 1.87 bits per heavy atom. The lowest BCUT2D eigenvalue weighted by molar-refractivity contribution is 0.0173. The van der Waals surface area contributed by atoms with E-state index in [0.717, 1.165) is 25.9 Å². The van der Waals surface area contributed by atoms with Crippen molar-refractivity contribution < 1.29 is 9.53 Å². The lowest BCUT2D eigenvalue weighted by Crippen LogP contribution is -2.45. The van der Waals surface area contributed by atoms with Gasteiger partial charge in [0, 0.05) is 28.1 Å². The molecule has 3 nitrogen and oxygen atoms in total. The Morgan fingerprint density at radius 3 is 2.48 bits per heavy atom. The topological polar surface area (TPSA) is 29.5 Å². The summed E-state index contributed by atoms with van der Waals surface area (Å²) in [7, 11) is 0. The predicted molar refractivity (Wildman–Crippen MR) is 96.2 cm³/mol. The van der Waals surface area contributed by atoms with Gasteiger partial charge in [-0.3, -0.25) is 0 Å². The normalized spacial score (nSPS) is 18.2. The number of nitrogens with zero attached hydrogens (tertiary/aromatic N) is 1. The molecule has 0 spiro atoms. The molecule has 1 aliphatic heterocycles. The number of benzene rings is 1. The van der Waals surface area contributed by atoms with Crippen LogP contribution in [0.5, 0.6) is 0 Å². The second-order valence-electron chi connectivity index (χ2n) is 7.68. The van der Waals surface area contributed by atoms with Gasteiger partial charge in [-0.25, -0.2) is 4.79 Å². The molecule has 124 valence electrons. The number of carbonyl (C=O) groups is 1. The first-order valence-electron chi connectivity index (χ1n) is 8.24. The molecule has 1 amide bonds. The van der Waals surface area contributed by atoms with Crippen LogP contribution in [0.1, 0.15) is 45.4 Å². The third-order valence-electron chi connectivity index (χ3n) is 4.54. The highest BCUT2D eigenvalue weighted by Crippen LogP contribution is 2.41. The van der Waals surface area contributed by atoms with Crippen molar-refractivity contribution in [3.63, 3.8) is 0 Å². The summed E-state index contributed by atoms with van der Waals surface area (Å²) in [5, 5.41) is 1.32. The smallest absolute Gasteiger partial charge is 0.410 e. The van der Waals surface area contributed by atoms with Gasteiger partial charge in [-0.2, -0.15) is 0 Å². The maximum atomic E-state index is 12.2. The second kappa shape index (κ2) is 5.82. The fraction of sp³-hybridized carbons (Fsp3) is 0.526. The van der Waals surface area contributed by atoms with E-state index < -0.39 is 5.60 Å². The van der Waals surface area contributed by atoms with Crippen molar-refractivity contribution in [2.75, 3.05) is 13.1 Å². The molecule has 2 heterocycles. The molecular weight excluding hydrogens is 306 g/mol. The van der Waals surface area contributed by atoms with E-state index in [2.05, 4.69) is 37.3 Å². The van der Waals surface area contributed by atoms with E-state index in [1.54, 1.807) is 0 Å². The predicted octanol–water partition coefficient (Wildman–Crippen LogP) is 5.19. The molecule has 3 rings (SSSR count). The molecule has 4 heteroatoms. The monoisotopic (exact) mass is 331 g/mol. The fourth-order valence-electron chi connectivity index (χ4n) is 3.04. The minimum atomic E-state index is -0.427. The molecule has 0 saturated carbocycles. The Morgan fingerprint density at radius 1 is 1.22 bits per heavy atom. The standard InChI is InChI=1S/C19H25NO2S/c1-18(2,3)22-17(21)20-11-9-19(4,10-12-20)16-13-14-7-5-6-8-15(14)23-16/h5-8,13H,9-12H2,1-4H3. The van der Waals surface area contributed by atoms with Crippen LogP contribution in [0.15, 0.2) is 30.3 Å². The molecule has 0 atom stereocenters. The summed E-state index contributed by atoms with van der Waals surface area (Å²) < 4.78 is 6.83. The zero-order chi connectivity index (χ0) is 16.7. The van der Waals surface area contributed by atoms with Crippen molar-refractivity contribution in [3.05, 3.63) is 35.2 Å². The van der Waals surface area contributed by atoms with Crippen LogP contribution in [0.3, 0.4) is 0 Å². The number of hydrogen-bond donors (Lipinski definition) is 0. The van der Waals surface area contributed by atoms with Crippen LogP contribution in [0.4, 0.5) is 4.79 Å². The van der Waals surface area contributed by atoms with Gasteiger partial charge in [0.2, 0.25) is 0 Å². The lowest BCUT2D eigenvalue weighted by atomic mass is 9.79. The van der Waals surface area contributed by atoms with Crippen molar-refractivity contribution in [2.24, 2.45) is 0 Å². The summed E-state index contributed by atoms with van der Waals surface area (Å²) in [5.74, 6) is 0. The third-order valence-corrected chi connectivity index (χ3v) is 5.96. The maximum Gasteiger partial charge on any atom is 0.410 e. The Bertz CT molecular complexity index is 672. The van der Waals surface area contributed by atoms with Crippen molar-refractivity contribution in [1.29, 1.82) is 0 Å². The number of thiophene rings is 1. The summed E-state index contributed by atoms with van der Waals surface area (Å²) in [6.45, 7) is 9.59. The van der Waals surface area contributed by atoms with Gasteiger partial charge in [-0.15, -0.1) is 11.3 Å². The number of amides is 1. The molecule has 1 aliphatic rings. The molecule has 0 unspecified atom stereocenters. The van der Waals surface area contributed by atoms with Crippen LogP contribution >= 0.6 is 11.3 Å². The number of hydrogen-bond acceptors (Lipinski definition) is 3. The highest BCUT2D eigenvalue weighted by atomic mass is 32.1. The van der Waals surface area contributed by atoms with E-state index >= 15 is 0 Å². The van der Waals surface area contributed by atoms with Gasteiger partial charge < -0.3 is 9.64 Å². The van der Waals surface area contributed by atoms with Gasteiger partial charge in [-0.05, 0) is 51.1 Å². The van der Waals surface area contributed by atoms with Gasteiger partial charge in [0.05, 0.1) is 0 Å². The highest BCUT2D eigenvalue weighted by Gasteiger charge is 2.35. The van der Waals surface area contributed by atoms with Crippen LogP contribution in [-0.2, 0) is 10.2 Å². The van der Waals surface area contributed by atoms with Crippen molar-refractivity contribution in [2.45, 2.75) is 51.6 Å². The van der Waals surface area contributed by atoms with E-state index in [-0.39, 0.29) is 11.5 Å². The van der Waals surface area contributed by atoms with Gasteiger partial charge in [0.1, 0.15) is 5.60 Å². The Balaban J connectivity index is 1.70. The minimum absolute atomic E-state index is 0.155. The molecule has 0 radical (unpaired) electrons. The number of carbonyl (C=O) groups excluding carboxylic acids is 1. The summed E-state index contributed by atoms with van der Waals surface area (Å²) in [4.78, 5) is 15.5. The number of likely N-dealkylation sites (tertiary alicyclic amines) is 1. The lowest BCUT2D eigenvalue weighted by Gasteiger charge is -2.39. The molecule has 1 aromatic carbocycles. The zero-order valence-corrected chi connectivity index (χ0v) is 15.2. The largest absolute Gasteiger partial charge is 0.444 e. The van der Waals surface area contributed by atoms with Crippen molar-refractivity contribution in [1.82, 2.24) is 4.90 Å². The summed E-state index contributed by atoms with van der Waals surface area (Å²) in [5.41, 5.74) is -0.272. The number of fused-ring (bicyclic) bond motifs is 1. The van der Waals surface area contributed by atoms with Crippen molar-refractivity contribution >= 4 is 27.5 Å². The summed E-state index contributed by atoms with van der Waals surface area (Å²) >= 11 is 1.89. The minimum Gasteiger partial charge on any atom is -0.444 e. The van der Waals surface area contributed by atoms with Crippen LogP contribution in [0.25, 0.3) is 10.1 Å². The van der Waals surface area contributed by atoms with E-state index in [1.807, 2.05) is 37.0 Å².